The van der Waals surface area contributed by atoms with E-state index in [2.05, 4.69) is 5.32 Å². The Balaban J connectivity index is 1.94. The van der Waals surface area contributed by atoms with Crippen molar-refractivity contribution in [2.45, 2.75) is 13.8 Å². The Morgan fingerprint density at radius 2 is 1.83 bits per heavy atom. The van der Waals surface area contributed by atoms with Gasteiger partial charge < -0.3 is 14.8 Å². The van der Waals surface area contributed by atoms with Gasteiger partial charge in [-0.1, -0.05) is 6.07 Å². The van der Waals surface area contributed by atoms with Gasteiger partial charge in [-0.2, -0.15) is 0 Å². The first-order valence-electron chi connectivity index (χ1n) is 7.13. The van der Waals surface area contributed by atoms with Crippen LogP contribution in [0, 0.1) is 6.92 Å². The van der Waals surface area contributed by atoms with Crippen LogP contribution < -0.4 is 10.1 Å². The fraction of sp³-hybridized carbons (Fsp3) is 0.235. The molecule has 1 heterocycles. The summed E-state index contributed by atoms with van der Waals surface area (Å²) in [6, 6.07) is 8.42. The van der Waals surface area contributed by atoms with Crippen molar-refractivity contribution >= 4 is 34.7 Å². The van der Waals surface area contributed by atoms with Crippen molar-refractivity contribution in [1.29, 1.82) is 0 Å². The maximum absolute atomic E-state index is 11.9. The van der Waals surface area contributed by atoms with E-state index in [-0.39, 0.29) is 10.7 Å². The van der Waals surface area contributed by atoms with E-state index in [1.54, 1.807) is 18.2 Å². The molecule has 0 bridgehead atoms. The molecule has 0 unspecified atom stereocenters. The van der Waals surface area contributed by atoms with E-state index >= 15 is 0 Å². The van der Waals surface area contributed by atoms with Gasteiger partial charge in [-0.3, -0.25) is 9.59 Å². The van der Waals surface area contributed by atoms with Crippen molar-refractivity contribution in [2.75, 3.05) is 19.0 Å². The lowest BCUT2D eigenvalue weighted by molar-refractivity contribution is -0.119. The number of hydrogen-bond donors (Lipinski definition) is 1. The van der Waals surface area contributed by atoms with Crippen LogP contribution in [0.3, 0.4) is 0 Å². The van der Waals surface area contributed by atoms with Crippen LogP contribution in [0.2, 0.25) is 0 Å². The molecule has 0 saturated heterocycles. The van der Waals surface area contributed by atoms with Gasteiger partial charge in [0, 0.05) is 0 Å². The summed E-state index contributed by atoms with van der Waals surface area (Å²) in [5.74, 6) is -0.720. The van der Waals surface area contributed by atoms with Crippen molar-refractivity contribution in [1.82, 2.24) is 0 Å². The molecular weight excluding hydrogens is 330 g/mol. The van der Waals surface area contributed by atoms with Gasteiger partial charge in [0.05, 0.1) is 17.7 Å². The number of ether oxygens (including phenoxy) is 2. The Hall–Kier alpha value is -2.67. The van der Waals surface area contributed by atoms with Gasteiger partial charge in [0.25, 0.3) is 5.91 Å². The Morgan fingerprint density at radius 1 is 1.12 bits per heavy atom. The van der Waals surface area contributed by atoms with Gasteiger partial charge in [0.2, 0.25) is 0 Å². The molecule has 2 rings (SSSR count). The summed E-state index contributed by atoms with van der Waals surface area (Å²) in [6.45, 7) is 2.88. The predicted molar refractivity (Wildman–Crippen MR) is 91.0 cm³/mol. The van der Waals surface area contributed by atoms with Gasteiger partial charge in [0.15, 0.2) is 12.4 Å². The van der Waals surface area contributed by atoms with E-state index < -0.39 is 18.5 Å². The molecule has 126 valence electrons. The summed E-state index contributed by atoms with van der Waals surface area (Å²) in [4.78, 5) is 35.8. The normalized spacial score (nSPS) is 10.1. The maximum Gasteiger partial charge on any atom is 0.348 e. The highest BCUT2D eigenvalue weighted by atomic mass is 32.1. The Morgan fingerprint density at radius 3 is 2.46 bits per heavy atom. The second kappa shape index (κ2) is 7.74. The minimum atomic E-state index is -0.640. The highest BCUT2D eigenvalue weighted by molar-refractivity contribution is 7.15. The standard InChI is InChI=1S/C17H17NO5S/c1-10-4-5-13(22-3)12(8-10)18-16(20)9-23-17(21)15-7-6-14(24-15)11(2)19/h4-8H,9H2,1-3H3,(H,18,20). The number of aryl methyl sites for hydroxylation is 1. The number of esters is 1. The number of anilines is 1. The molecule has 0 spiro atoms. The Labute approximate surface area is 143 Å². The van der Waals surface area contributed by atoms with E-state index in [1.807, 2.05) is 13.0 Å². The number of ketones is 1. The molecule has 0 saturated carbocycles. The van der Waals surface area contributed by atoms with E-state index in [4.69, 9.17) is 9.47 Å². The third kappa shape index (κ3) is 4.42. The molecule has 0 atom stereocenters. The molecule has 7 heteroatoms. The van der Waals surface area contributed by atoms with Crippen LogP contribution in [0.5, 0.6) is 5.75 Å². The molecule has 0 aliphatic rings. The van der Waals surface area contributed by atoms with Crippen molar-refractivity contribution in [3.8, 4) is 5.75 Å². The molecular formula is C17H17NO5S. The van der Waals surface area contributed by atoms with E-state index in [0.29, 0.717) is 16.3 Å². The van der Waals surface area contributed by atoms with Gasteiger partial charge in [-0.15, -0.1) is 11.3 Å². The molecule has 0 radical (unpaired) electrons. The van der Waals surface area contributed by atoms with Crippen LogP contribution in [0.25, 0.3) is 0 Å². The van der Waals surface area contributed by atoms with E-state index in [9.17, 15) is 14.4 Å². The Bertz CT molecular complexity index is 781. The Kier molecular flexibility index (Phi) is 5.70. The summed E-state index contributed by atoms with van der Waals surface area (Å²) < 4.78 is 10.1. The molecule has 1 aromatic heterocycles. The van der Waals surface area contributed by atoms with Crippen molar-refractivity contribution < 1.29 is 23.9 Å². The number of rotatable bonds is 6. The molecule has 1 amide bonds. The third-order valence-electron chi connectivity index (χ3n) is 3.12. The first-order chi connectivity index (χ1) is 11.4. The third-order valence-corrected chi connectivity index (χ3v) is 4.28. The van der Waals surface area contributed by atoms with Crippen LogP contribution in [0.15, 0.2) is 30.3 Å². The fourth-order valence-corrected chi connectivity index (χ4v) is 2.74. The lowest BCUT2D eigenvalue weighted by atomic mass is 10.2. The van der Waals surface area contributed by atoms with Gasteiger partial charge >= 0.3 is 5.97 Å². The van der Waals surface area contributed by atoms with Gasteiger partial charge in [-0.25, -0.2) is 4.79 Å². The number of thiophene rings is 1. The molecule has 6 nitrogen and oxygen atoms in total. The number of hydrogen-bond acceptors (Lipinski definition) is 6. The van der Waals surface area contributed by atoms with Crippen molar-refractivity contribution in [3.63, 3.8) is 0 Å². The summed E-state index contributed by atoms with van der Waals surface area (Å²) >= 11 is 1.04. The largest absolute Gasteiger partial charge is 0.495 e. The number of methoxy groups -OCH3 is 1. The van der Waals surface area contributed by atoms with E-state index in [1.165, 1.54) is 20.1 Å². The summed E-state index contributed by atoms with van der Waals surface area (Å²) in [7, 11) is 1.50. The average molecular weight is 347 g/mol. The number of carbonyl (C=O) groups excluding carboxylic acids is 3. The second-order valence-electron chi connectivity index (χ2n) is 5.05. The number of benzene rings is 1. The zero-order valence-corrected chi connectivity index (χ0v) is 14.4. The summed E-state index contributed by atoms with van der Waals surface area (Å²) in [6.07, 6.45) is 0. The van der Waals surface area contributed by atoms with Crippen molar-refractivity contribution in [2.24, 2.45) is 0 Å². The lowest BCUT2D eigenvalue weighted by Gasteiger charge is -2.11. The average Bonchev–Trinajstić information content (AvgIpc) is 3.03. The molecule has 0 aliphatic carbocycles. The van der Waals surface area contributed by atoms with E-state index in [0.717, 1.165) is 16.9 Å². The highest BCUT2D eigenvalue weighted by Gasteiger charge is 2.15. The minimum Gasteiger partial charge on any atom is -0.495 e. The van der Waals surface area contributed by atoms with Gasteiger partial charge in [0.1, 0.15) is 10.6 Å². The zero-order valence-electron chi connectivity index (χ0n) is 13.5. The number of carbonyl (C=O) groups is 3. The summed E-state index contributed by atoms with van der Waals surface area (Å²) in [5, 5.41) is 2.64. The topological polar surface area (TPSA) is 81.7 Å². The van der Waals surface area contributed by atoms with Crippen LogP contribution in [0.1, 0.15) is 31.8 Å². The van der Waals surface area contributed by atoms with Gasteiger partial charge in [-0.05, 0) is 43.7 Å². The first kappa shape index (κ1) is 17.7. The SMILES string of the molecule is COc1ccc(C)cc1NC(=O)COC(=O)c1ccc(C(C)=O)s1. The smallest absolute Gasteiger partial charge is 0.348 e. The van der Waals surface area contributed by atoms with Crippen LogP contribution in [-0.4, -0.2) is 31.4 Å². The van der Waals surface area contributed by atoms with Crippen LogP contribution in [0.4, 0.5) is 5.69 Å². The molecule has 1 aromatic carbocycles. The number of amides is 1. The zero-order chi connectivity index (χ0) is 17.7. The maximum atomic E-state index is 11.9. The predicted octanol–water partition coefficient (Wildman–Crippen LogP) is 3.06. The monoisotopic (exact) mass is 347 g/mol. The van der Waals surface area contributed by atoms with Crippen LogP contribution in [-0.2, 0) is 9.53 Å². The molecule has 0 aliphatic heterocycles. The molecule has 24 heavy (non-hydrogen) atoms. The quantitative estimate of drug-likeness (QED) is 0.641. The minimum absolute atomic E-state index is 0.122. The summed E-state index contributed by atoms with van der Waals surface area (Å²) in [5.41, 5.74) is 1.46. The number of nitrogens with one attached hydrogen (secondary N) is 1. The highest BCUT2D eigenvalue weighted by Crippen LogP contribution is 2.25. The molecule has 1 N–H and O–H groups in total. The first-order valence-corrected chi connectivity index (χ1v) is 7.94. The fourth-order valence-electron chi connectivity index (χ4n) is 1.94. The van der Waals surface area contributed by atoms with Crippen LogP contribution >= 0.6 is 11.3 Å². The molecule has 0 fully saturated rings. The second-order valence-corrected chi connectivity index (χ2v) is 6.13. The van der Waals surface area contributed by atoms with Crippen molar-refractivity contribution in [3.05, 3.63) is 45.6 Å². The molecule has 2 aromatic rings. The number of Topliss-reactive ketones (excluding diaryl/α,β-unsaturated/α-hetero) is 1. The lowest BCUT2D eigenvalue weighted by Crippen LogP contribution is -2.21.